The van der Waals surface area contributed by atoms with Crippen LogP contribution in [0.3, 0.4) is 0 Å². The molecule has 1 heterocycles. The van der Waals surface area contributed by atoms with Gasteiger partial charge in [-0.25, -0.2) is 0 Å². The van der Waals surface area contributed by atoms with E-state index >= 15 is 0 Å². The number of aryl methyl sites for hydroxylation is 4. The number of nitrogens with two attached hydrogens (primary N) is 1. The zero-order valence-corrected chi connectivity index (χ0v) is 18.1. The fraction of sp³-hybridized carbons (Fsp3) is 0.542. The Morgan fingerprint density at radius 3 is 2.43 bits per heavy atom. The number of nitrogens with zero attached hydrogens (tertiary/aromatic N) is 1. The highest BCUT2D eigenvalue weighted by atomic mass is 16.3. The minimum Gasteiger partial charge on any atom is -0.394 e. The number of Topliss-reactive ketones (excluding diaryl/α,β-unsaturated/α-hetero) is 1. The molecule has 0 radical (unpaired) electrons. The van der Waals surface area contributed by atoms with Gasteiger partial charge in [0.2, 0.25) is 0 Å². The van der Waals surface area contributed by atoms with Gasteiger partial charge in [-0.05, 0) is 88.1 Å². The number of rotatable bonds is 10. The molecular weight excluding hydrogens is 348 g/mol. The Kier molecular flexibility index (Phi) is 7.62. The van der Waals surface area contributed by atoms with E-state index in [1.54, 1.807) is 0 Å². The molecule has 4 heteroatoms. The van der Waals surface area contributed by atoms with Crippen molar-refractivity contribution in [3.05, 3.63) is 57.9 Å². The maximum atomic E-state index is 12.7. The third kappa shape index (κ3) is 5.79. The van der Waals surface area contributed by atoms with E-state index in [9.17, 15) is 9.90 Å². The van der Waals surface area contributed by atoms with Gasteiger partial charge in [0.15, 0.2) is 5.78 Å². The first-order valence-corrected chi connectivity index (χ1v) is 10.3. The van der Waals surface area contributed by atoms with Crippen LogP contribution in [0.25, 0.3) is 0 Å². The molecule has 1 aromatic heterocycles. The summed E-state index contributed by atoms with van der Waals surface area (Å²) < 4.78 is 2.04. The van der Waals surface area contributed by atoms with E-state index in [2.05, 4.69) is 39.0 Å². The second-order valence-electron chi connectivity index (χ2n) is 8.58. The van der Waals surface area contributed by atoms with Crippen molar-refractivity contribution in [1.29, 1.82) is 0 Å². The molecule has 3 N–H and O–H groups in total. The van der Waals surface area contributed by atoms with E-state index < -0.39 is 5.54 Å². The first-order valence-electron chi connectivity index (χ1n) is 10.3. The molecule has 2 aromatic rings. The van der Waals surface area contributed by atoms with E-state index in [1.807, 2.05) is 24.6 Å². The summed E-state index contributed by atoms with van der Waals surface area (Å²) in [5, 5.41) is 9.30. The van der Waals surface area contributed by atoms with Crippen molar-refractivity contribution in [2.24, 2.45) is 12.8 Å². The lowest BCUT2D eigenvalue weighted by Crippen LogP contribution is -2.40. The molecule has 1 atom stereocenters. The largest absolute Gasteiger partial charge is 0.394 e. The number of carbonyl (C=O) groups excluding carboxylic acids is 1. The zero-order chi connectivity index (χ0) is 20.9. The maximum Gasteiger partial charge on any atom is 0.179 e. The van der Waals surface area contributed by atoms with Gasteiger partial charge < -0.3 is 15.4 Å². The van der Waals surface area contributed by atoms with Gasteiger partial charge >= 0.3 is 0 Å². The molecule has 0 amide bonds. The molecule has 0 bridgehead atoms. The van der Waals surface area contributed by atoms with Gasteiger partial charge in [0.1, 0.15) is 0 Å². The Bertz CT molecular complexity index is 818. The molecule has 4 nitrogen and oxygen atoms in total. The Morgan fingerprint density at radius 2 is 1.79 bits per heavy atom. The summed E-state index contributed by atoms with van der Waals surface area (Å²) in [6.07, 6.45) is 4.88. The van der Waals surface area contributed by atoms with Crippen LogP contribution in [0.2, 0.25) is 0 Å². The van der Waals surface area contributed by atoms with Crippen LogP contribution >= 0.6 is 0 Å². The number of aromatic nitrogens is 1. The lowest BCUT2D eigenvalue weighted by molar-refractivity contribution is 0.0972. The first kappa shape index (κ1) is 22.4. The Morgan fingerprint density at radius 1 is 1.07 bits per heavy atom. The Balaban J connectivity index is 1.93. The van der Waals surface area contributed by atoms with Crippen molar-refractivity contribution < 1.29 is 9.90 Å². The van der Waals surface area contributed by atoms with Gasteiger partial charge in [-0.15, -0.1) is 0 Å². The van der Waals surface area contributed by atoms with Gasteiger partial charge in [0, 0.05) is 24.7 Å². The fourth-order valence-electron chi connectivity index (χ4n) is 3.71. The molecule has 0 aliphatic rings. The van der Waals surface area contributed by atoms with Crippen molar-refractivity contribution in [3.63, 3.8) is 0 Å². The van der Waals surface area contributed by atoms with E-state index in [-0.39, 0.29) is 12.4 Å². The minimum atomic E-state index is -0.536. The normalized spacial score (nSPS) is 13.5. The van der Waals surface area contributed by atoms with Gasteiger partial charge in [-0.3, -0.25) is 4.79 Å². The molecule has 0 fully saturated rings. The molecule has 154 valence electrons. The topological polar surface area (TPSA) is 68.2 Å². The Labute approximate surface area is 169 Å². The summed E-state index contributed by atoms with van der Waals surface area (Å²) in [7, 11) is 1.98. The van der Waals surface area contributed by atoms with Crippen molar-refractivity contribution in [2.45, 2.75) is 71.8 Å². The van der Waals surface area contributed by atoms with Gasteiger partial charge in [-0.2, -0.15) is 0 Å². The van der Waals surface area contributed by atoms with Gasteiger partial charge in [-0.1, -0.05) is 18.2 Å². The second-order valence-corrected chi connectivity index (χ2v) is 8.58. The average Bonchev–Trinajstić information content (AvgIpc) is 2.92. The van der Waals surface area contributed by atoms with Crippen LogP contribution in [0.15, 0.2) is 24.3 Å². The molecule has 2 rings (SSSR count). The summed E-state index contributed by atoms with van der Waals surface area (Å²) >= 11 is 0. The third-order valence-corrected chi connectivity index (χ3v) is 5.82. The third-order valence-electron chi connectivity index (χ3n) is 5.82. The van der Waals surface area contributed by atoms with Crippen molar-refractivity contribution in [3.8, 4) is 0 Å². The molecule has 0 saturated carbocycles. The predicted octanol–water partition coefficient (Wildman–Crippen LogP) is 4.19. The van der Waals surface area contributed by atoms with E-state index in [0.29, 0.717) is 6.42 Å². The summed E-state index contributed by atoms with van der Waals surface area (Å²) in [5.74, 6) is 0.208. The summed E-state index contributed by atoms with van der Waals surface area (Å²) in [5.41, 5.74) is 12.5. The zero-order valence-electron chi connectivity index (χ0n) is 18.1. The SMILES string of the molecule is Cc1ccc(CCCC(=O)c2cc(C)c(CCCC(C)(N)CO)n2C)cc1C. The highest BCUT2D eigenvalue weighted by molar-refractivity contribution is 5.95. The van der Waals surface area contributed by atoms with E-state index in [4.69, 9.17) is 5.73 Å². The summed E-state index contributed by atoms with van der Waals surface area (Å²) in [6, 6.07) is 8.56. The summed E-state index contributed by atoms with van der Waals surface area (Å²) in [6.45, 7) is 8.18. The lowest BCUT2D eigenvalue weighted by atomic mass is 9.96. The quantitative estimate of drug-likeness (QED) is 0.604. The maximum absolute atomic E-state index is 12.7. The molecule has 0 aliphatic carbocycles. The standard InChI is InChI=1S/C24H36N2O2/c1-17-11-12-20(14-18(17)2)8-6-10-23(28)22-15-19(3)21(26(22)5)9-7-13-24(4,25)16-27/h11-12,14-15,27H,6-10,13,16,25H2,1-5H3. The van der Waals surface area contributed by atoms with Crippen molar-refractivity contribution >= 4 is 5.78 Å². The van der Waals surface area contributed by atoms with Crippen molar-refractivity contribution in [1.82, 2.24) is 4.57 Å². The van der Waals surface area contributed by atoms with Crippen molar-refractivity contribution in [2.75, 3.05) is 6.61 Å². The smallest absolute Gasteiger partial charge is 0.179 e. The van der Waals surface area contributed by atoms with E-state index in [1.165, 1.54) is 22.4 Å². The number of hydrogen-bond donors (Lipinski definition) is 2. The molecule has 0 saturated heterocycles. The highest BCUT2D eigenvalue weighted by Crippen LogP contribution is 2.20. The molecule has 0 spiro atoms. The van der Waals surface area contributed by atoms with Crippen LogP contribution in [0, 0.1) is 20.8 Å². The van der Waals surface area contributed by atoms with Crippen LogP contribution in [0.1, 0.15) is 71.0 Å². The number of ketones is 1. The summed E-state index contributed by atoms with van der Waals surface area (Å²) in [4.78, 5) is 12.7. The second kappa shape index (κ2) is 9.53. The lowest BCUT2D eigenvalue weighted by Gasteiger charge is -2.21. The van der Waals surface area contributed by atoms with Crippen LogP contribution in [0.4, 0.5) is 0 Å². The molecule has 1 unspecified atom stereocenters. The van der Waals surface area contributed by atoms with E-state index in [0.717, 1.165) is 43.4 Å². The molecule has 0 aliphatic heterocycles. The van der Waals surface area contributed by atoms with Crippen LogP contribution < -0.4 is 5.73 Å². The average molecular weight is 385 g/mol. The highest BCUT2D eigenvalue weighted by Gasteiger charge is 2.19. The number of hydrogen-bond acceptors (Lipinski definition) is 3. The van der Waals surface area contributed by atoms with Gasteiger partial charge in [0.25, 0.3) is 0 Å². The monoisotopic (exact) mass is 384 g/mol. The fourth-order valence-corrected chi connectivity index (χ4v) is 3.71. The van der Waals surface area contributed by atoms with Crippen LogP contribution in [0.5, 0.6) is 0 Å². The number of aliphatic hydroxyl groups excluding tert-OH is 1. The minimum absolute atomic E-state index is 0.0106. The number of carbonyl (C=O) groups is 1. The molecule has 1 aromatic carbocycles. The number of benzene rings is 1. The van der Waals surface area contributed by atoms with Crippen LogP contribution in [-0.4, -0.2) is 27.6 Å². The Hall–Kier alpha value is -1.91. The van der Waals surface area contributed by atoms with Gasteiger partial charge in [0.05, 0.1) is 12.3 Å². The number of aliphatic hydroxyl groups is 1. The predicted molar refractivity (Wildman–Crippen MR) is 116 cm³/mol. The molecule has 28 heavy (non-hydrogen) atoms. The first-order chi connectivity index (χ1) is 13.1. The van der Waals surface area contributed by atoms with Crippen LogP contribution in [-0.2, 0) is 19.9 Å². The molecular formula is C24H36N2O2.